The summed E-state index contributed by atoms with van der Waals surface area (Å²) in [5, 5.41) is 3.74. The van der Waals surface area contributed by atoms with Gasteiger partial charge in [-0.3, -0.25) is 0 Å². The normalized spacial score (nSPS) is 25.6. The highest BCUT2D eigenvalue weighted by Gasteiger charge is 2.20. The van der Waals surface area contributed by atoms with E-state index in [9.17, 15) is 0 Å². The monoisotopic (exact) mass is 240 g/mol. The molecule has 1 aromatic heterocycles. The second-order valence-electron chi connectivity index (χ2n) is 4.25. The fraction of sp³-hybridized carbons (Fsp3) is 0.636. The van der Waals surface area contributed by atoms with E-state index in [4.69, 9.17) is 17.3 Å². The van der Waals surface area contributed by atoms with Crippen LogP contribution in [0.1, 0.15) is 31.4 Å². The molecule has 1 aliphatic rings. The Morgan fingerprint density at radius 1 is 1.44 bits per heavy atom. The van der Waals surface area contributed by atoms with E-state index in [1.165, 1.54) is 12.8 Å². The van der Waals surface area contributed by atoms with Crippen molar-refractivity contribution >= 4 is 11.6 Å². The molecular weight excluding hydrogens is 224 g/mol. The largest absolute Gasteiger partial charge is 0.326 e. The molecule has 0 radical (unpaired) electrons. The molecule has 0 aliphatic heterocycles. The number of hydrogen-bond acceptors (Lipinski definition) is 4. The highest BCUT2D eigenvalue weighted by Crippen LogP contribution is 2.17. The van der Waals surface area contributed by atoms with Gasteiger partial charge in [0.05, 0.1) is 5.69 Å². The number of nitrogens with one attached hydrogen (secondary N) is 1. The van der Waals surface area contributed by atoms with E-state index >= 15 is 0 Å². The Morgan fingerprint density at radius 2 is 2.25 bits per heavy atom. The van der Waals surface area contributed by atoms with Crippen molar-refractivity contribution in [3.8, 4) is 0 Å². The van der Waals surface area contributed by atoms with Crippen molar-refractivity contribution in [2.24, 2.45) is 5.73 Å². The maximum absolute atomic E-state index is 6.05. The molecule has 0 amide bonds. The number of nitrogens with two attached hydrogens (primary N) is 1. The third kappa shape index (κ3) is 3.14. The summed E-state index contributed by atoms with van der Waals surface area (Å²) < 4.78 is 0. The zero-order valence-corrected chi connectivity index (χ0v) is 9.95. The molecule has 2 unspecified atom stereocenters. The number of halogens is 1. The third-order valence-electron chi connectivity index (χ3n) is 3.05. The smallest absolute Gasteiger partial charge is 0.222 e. The van der Waals surface area contributed by atoms with Crippen LogP contribution in [0.3, 0.4) is 0 Å². The maximum atomic E-state index is 6.05. The molecule has 1 aliphatic carbocycles. The number of aromatic nitrogens is 2. The molecule has 2 atom stereocenters. The van der Waals surface area contributed by atoms with E-state index in [0.717, 1.165) is 18.5 Å². The molecule has 0 bridgehead atoms. The molecular formula is C11H17ClN4. The Bertz CT molecular complexity index is 345. The average molecular weight is 241 g/mol. The topological polar surface area (TPSA) is 63.8 Å². The summed E-state index contributed by atoms with van der Waals surface area (Å²) in [6.45, 7) is 0.709. The second kappa shape index (κ2) is 5.57. The van der Waals surface area contributed by atoms with E-state index in [-0.39, 0.29) is 6.04 Å². The lowest BCUT2D eigenvalue weighted by molar-refractivity contribution is 0.325. The van der Waals surface area contributed by atoms with Gasteiger partial charge in [0.2, 0.25) is 5.28 Å². The minimum Gasteiger partial charge on any atom is -0.326 e. The van der Waals surface area contributed by atoms with Crippen LogP contribution in [-0.4, -0.2) is 22.1 Å². The van der Waals surface area contributed by atoms with Crippen LogP contribution < -0.4 is 11.1 Å². The minimum atomic E-state index is 0.269. The van der Waals surface area contributed by atoms with Gasteiger partial charge in [-0.1, -0.05) is 12.8 Å². The van der Waals surface area contributed by atoms with Gasteiger partial charge in [0.15, 0.2) is 0 Å². The summed E-state index contributed by atoms with van der Waals surface area (Å²) >= 11 is 5.72. The van der Waals surface area contributed by atoms with Gasteiger partial charge in [0.25, 0.3) is 0 Å². The molecule has 1 aromatic rings. The summed E-state index contributed by atoms with van der Waals surface area (Å²) in [5.41, 5.74) is 6.97. The quantitative estimate of drug-likeness (QED) is 0.786. The van der Waals surface area contributed by atoms with Gasteiger partial charge >= 0.3 is 0 Å². The van der Waals surface area contributed by atoms with E-state index in [2.05, 4.69) is 15.3 Å². The molecule has 88 valence electrons. The standard InChI is InChI=1S/C11H17ClN4/c12-11-14-6-5-8(16-11)7-15-10-4-2-1-3-9(10)13/h5-6,9-10,15H,1-4,7,13H2. The Morgan fingerprint density at radius 3 is 3.00 bits per heavy atom. The molecule has 4 nitrogen and oxygen atoms in total. The molecule has 1 heterocycles. The summed E-state index contributed by atoms with van der Waals surface area (Å²) in [7, 11) is 0. The van der Waals surface area contributed by atoms with Gasteiger partial charge in [0.1, 0.15) is 0 Å². The first-order valence-corrected chi connectivity index (χ1v) is 6.10. The average Bonchev–Trinajstić information content (AvgIpc) is 2.28. The molecule has 16 heavy (non-hydrogen) atoms. The maximum Gasteiger partial charge on any atom is 0.222 e. The van der Waals surface area contributed by atoms with Crippen LogP contribution in [0.2, 0.25) is 5.28 Å². The van der Waals surface area contributed by atoms with Crippen LogP contribution in [-0.2, 0) is 6.54 Å². The summed E-state index contributed by atoms with van der Waals surface area (Å²) in [5.74, 6) is 0. The number of hydrogen-bond donors (Lipinski definition) is 2. The van der Waals surface area contributed by atoms with E-state index in [1.54, 1.807) is 6.20 Å². The lowest BCUT2D eigenvalue weighted by Gasteiger charge is -2.29. The predicted molar refractivity (Wildman–Crippen MR) is 64.1 cm³/mol. The molecule has 0 spiro atoms. The van der Waals surface area contributed by atoms with Crippen molar-refractivity contribution < 1.29 is 0 Å². The third-order valence-corrected chi connectivity index (χ3v) is 3.23. The van der Waals surface area contributed by atoms with Crippen molar-refractivity contribution in [2.45, 2.75) is 44.3 Å². The van der Waals surface area contributed by atoms with Gasteiger partial charge < -0.3 is 11.1 Å². The van der Waals surface area contributed by atoms with Crippen LogP contribution in [0, 0.1) is 0 Å². The lowest BCUT2D eigenvalue weighted by Crippen LogP contribution is -2.46. The summed E-state index contributed by atoms with van der Waals surface area (Å²) in [4.78, 5) is 7.99. The molecule has 5 heteroatoms. The molecule has 1 saturated carbocycles. The van der Waals surface area contributed by atoms with Gasteiger partial charge in [-0.2, -0.15) is 0 Å². The van der Waals surface area contributed by atoms with Crippen LogP contribution >= 0.6 is 11.6 Å². The fourth-order valence-corrected chi connectivity index (χ4v) is 2.28. The van der Waals surface area contributed by atoms with E-state index < -0.39 is 0 Å². The highest BCUT2D eigenvalue weighted by atomic mass is 35.5. The van der Waals surface area contributed by atoms with Gasteiger partial charge in [-0.15, -0.1) is 0 Å². The highest BCUT2D eigenvalue weighted by molar-refractivity contribution is 6.28. The molecule has 0 aromatic carbocycles. The van der Waals surface area contributed by atoms with Crippen LogP contribution in [0.25, 0.3) is 0 Å². The second-order valence-corrected chi connectivity index (χ2v) is 4.59. The van der Waals surface area contributed by atoms with Crippen molar-refractivity contribution in [1.82, 2.24) is 15.3 Å². The summed E-state index contributed by atoms with van der Waals surface area (Å²) in [6.07, 6.45) is 6.45. The first kappa shape index (κ1) is 11.8. The Balaban J connectivity index is 1.86. The molecule has 3 N–H and O–H groups in total. The van der Waals surface area contributed by atoms with E-state index in [0.29, 0.717) is 17.9 Å². The first-order chi connectivity index (χ1) is 7.75. The van der Waals surface area contributed by atoms with Crippen LogP contribution in [0.5, 0.6) is 0 Å². The van der Waals surface area contributed by atoms with Crippen molar-refractivity contribution in [1.29, 1.82) is 0 Å². The van der Waals surface area contributed by atoms with E-state index in [1.807, 2.05) is 6.07 Å². The van der Waals surface area contributed by atoms with Crippen LogP contribution in [0.15, 0.2) is 12.3 Å². The minimum absolute atomic E-state index is 0.269. The lowest BCUT2D eigenvalue weighted by atomic mass is 9.91. The first-order valence-electron chi connectivity index (χ1n) is 5.72. The molecule has 2 rings (SSSR count). The molecule has 1 fully saturated rings. The Kier molecular flexibility index (Phi) is 4.09. The van der Waals surface area contributed by atoms with Gasteiger partial charge in [-0.25, -0.2) is 9.97 Å². The number of nitrogens with zero attached hydrogens (tertiary/aromatic N) is 2. The van der Waals surface area contributed by atoms with Crippen LogP contribution in [0.4, 0.5) is 0 Å². The van der Waals surface area contributed by atoms with Crippen molar-refractivity contribution in [2.75, 3.05) is 0 Å². The fourth-order valence-electron chi connectivity index (χ4n) is 2.12. The number of rotatable bonds is 3. The Hall–Kier alpha value is -0.710. The zero-order chi connectivity index (χ0) is 11.4. The van der Waals surface area contributed by atoms with Crippen molar-refractivity contribution in [3.05, 3.63) is 23.2 Å². The van der Waals surface area contributed by atoms with Gasteiger partial charge in [0, 0.05) is 24.8 Å². The van der Waals surface area contributed by atoms with Crippen molar-refractivity contribution in [3.63, 3.8) is 0 Å². The Labute approximate surface area is 101 Å². The van der Waals surface area contributed by atoms with Gasteiger partial charge in [-0.05, 0) is 30.5 Å². The predicted octanol–water partition coefficient (Wildman–Crippen LogP) is 1.49. The molecule has 0 saturated heterocycles. The SMILES string of the molecule is NC1CCCCC1NCc1ccnc(Cl)n1. The summed E-state index contributed by atoms with van der Waals surface area (Å²) in [6, 6.07) is 2.54. The zero-order valence-electron chi connectivity index (χ0n) is 9.19.